The van der Waals surface area contributed by atoms with Gasteiger partial charge in [0, 0.05) is 11.8 Å². The summed E-state index contributed by atoms with van der Waals surface area (Å²) in [5, 5.41) is 13.3. The van der Waals surface area contributed by atoms with E-state index in [1.165, 1.54) is 31.2 Å². The van der Waals surface area contributed by atoms with Crippen molar-refractivity contribution < 1.29 is 13.7 Å². The third kappa shape index (κ3) is 2.87. The van der Waals surface area contributed by atoms with Gasteiger partial charge in [-0.25, -0.2) is 8.78 Å². The van der Waals surface area contributed by atoms with Crippen LogP contribution in [0.25, 0.3) is 0 Å². The molecule has 0 aromatic heterocycles. The van der Waals surface area contributed by atoms with Crippen LogP contribution >= 0.6 is 22.6 Å². The molecule has 7 heteroatoms. The summed E-state index contributed by atoms with van der Waals surface area (Å²) in [5.74, 6) is -1.40. The van der Waals surface area contributed by atoms with Gasteiger partial charge in [-0.3, -0.25) is 10.1 Å². The summed E-state index contributed by atoms with van der Waals surface area (Å²) >= 11 is 1.80. The van der Waals surface area contributed by atoms with E-state index in [1.54, 1.807) is 22.6 Å². The molecule has 0 fully saturated rings. The van der Waals surface area contributed by atoms with Crippen LogP contribution in [-0.2, 0) is 0 Å². The molecule has 0 bridgehead atoms. The summed E-state index contributed by atoms with van der Waals surface area (Å²) in [6.07, 6.45) is 0. The molecular formula is C13H9F2IN2O2. The van der Waals surface area contributed by atoms with Crippen molar-refractivity contribution in [2.24, 2.45) is 0 Å². The first-order valence-corrected chi connectivity index (χ1v) is 6.63. The largest absolute Gasteiger partial charge is 0.351 e. The summed E-state index contributed by atoms with van der Waals surface area (Å²) in [7, 11) is 0. The van der Waals surface area contributed by atoms with Crippen molar-refractivity contribution in [1.82, 2.24) is 0 Å². The van der Waals surface area contributed by atoms with E-state index in [0.29, 0.717) is 14.8 Å². The van der Waals surface area contributed by atoms with Gasteiger partial charge in [0.1, 0.15) is 11.5 Å². The number of nitrogens with one attached hydrogen (secondary N) is 1. The van der Waals surface area contributed by atoms with Crippen LogP contribution in [0.1, 0.15) is 5.56 Å². The molecule has 0 saturated heterocycles. The average molecular weight is 390 g/mol. The quantitative estimate of drug-likeness (QED) is 0.476. The third-order valence-electron chi connectivity index (χ3n) is 2.70. The second-order valence-corrected chi connectivity index (χ2v) is 5.26. The summed E-state index contributed by atoms with van der Waals surface area (Å²) in [5.41, 5.74) is 0.366. The maximum atomic E-state index is 13.8. The molecule has 0 aliphatic carbocycles. The Bertz CT molecular complexity index is 692. The van der Waals surface area contributed by atoms with Crippen LogP contribution in [0, 0.1) is 32.2 Å². The van der Waals surface area contributed by atoms with Crippen molar-refractivity contribution in [3.05, 3.63) is 61.2 Å². The SMILES string of the molecule is Cc1ccc(F)c(Nc2ccc([N+](=O)[O-])c(I)c2)c1F. The van der Waals surface area contributed by atoms with Gasteiger partial charge in [-0.1, -0.05) is 6.07 Å². The lowest BCUT2D eigenvalue weighted by Gasteiger charge is -2.10. The fourth-order valence-corrected chi connectivity index (χ4v) is 2.36. The van der Waals surface area contributed by atoms with Crippen molar-refractivity contribution in [2.75, 3.05) is 5.32 Å². The highest BCUT2D eigenvalue weighted by Gasteiger charge is 2.15. The Kier molecular flexibility index (Phi) is 4.17. The average Bonchev–Trinajstić information content (AvgIpc) is 2.39. The fraction of sp³-hybridized carbons (Fsp3) is 0.0769. The van der Waals surface area contributed by atoms with Crippen molar-refractivity contribution >= 4 is 39.7 Å². The molecule has 4 nitrogen and oxygen atoms in total. The van der Waals surface area contributed by atoms with Gasteiger partial charge in [-0.15, -0.1) is 0 Å². The number of halogens is 3. The Morgan fingerprint density at radius 2 is 1.95 bits per heavy atom. The highest BCUT2D eigenvalue weighted by atomic mass is 127. The molecule has 0 atom stereocenters. The minimum absolute atomic E-state index is 0.0543. The van der Waals surface area contributed by atoms with E-state index in [2.05, 4.69) is 5.32 Å². The zero-order valence-electron chi connectivity index (χ0n) is 10.3. The van der Waals surface area contributed by atoms with Gasteiger partial charge >= 0.3 is 0 Å². The molecule has 0 amide bonds. The molecule has 0 radical (unpaired) electrons. The zero-order chi connectivity index (χ0) is 14.9. The van der Waals surface area contributed by atoms with E-state index in [4.69, 9.17) is 0 Å². The van der Waals surface area contributed by atoms with Crippen LogP contribution < -0.4 is 5.32 Å². The minimum atomic E-state index is -0.721. The first-order valence-electron chi connectivity index (χ1n) is 5.55. The zero-order valence-corrected chi connectivity index (χ0v) is 12.4. The number of anilines is 2. The molecule has 0 heterocycles. The van der Waals surface area contributed by atoms with E-state index in [9.17, 15) is 18.9 Å². The number of nitrogens with zero attached hydrogens (tertiary/aromatic N) is 1. The van der Waals surface area contributed by atoms with Crippen molar-refractivity contribution in [1.29, 1.82) is 0 Å². The van der Waals surface area contributed by atoms with Crippen LogP contribution in [0.2, 0.25) is 0 Å². The van der Waals surface area contributed by atoms with Crippen molar-refractivity contribution in [3.8, 4) is 0 Å². The number of aryl methyl sites for hydroxylation is 1. The highest BCUT2D eigenvalue weighted by molar-refractivity contribution is 14.1. The lowest BCUT2D eigenvalue weighted by atomic mass is 10.2. The fourth-order valence-electron chi connectivity index (χ4n) is 1.65. The maximum absolute atomic E-state index is 13.8. The lowest BCUT2D eigenvalue weighted by Crippen LogP contribution is -2.00. The molecular weight excluding hydrogens is 381 g/mol. The summed E-state index contributed by atoms with van der Waals surface area (Å²) in [4.78, 5) is 10.2. The number of nitro groups is 1. The number of hydrogen-bond donors (Lipinski definition) is 1. The molecule has 0 aliphatic heterocycles. The number of benzene rings is 2. The van der Waals surface area contributed by atoms with Gasteiger partial charge in [0.15, 0.2) is 5.82 Å². The number of nitro benzene ring substituents is 1. The molecule has 20 heavy (non-hydrogen) atoms. The Morgan fingerprint density at radius 3 is 2.55 bits per heavy atom. The molecule has 2 aromatic carbocycles. The van der Waals surface area contributed by atoms with Gasteiger partial charge in [0.05, 0.1) is 8.49 Å². The highest BCUT2D eigenvalue weighted by Crippen LogP contribution is 2.29. The normalized spacial score (nSPS) is 10.4. The van der Waals surface area contributed by atoms with E-state index in [-0.39, 0.29) is 11.4 Å². The summed E-state index contributed by atoms with van der Waals surface area (Å²) in [6.45, 7) is 1.53. The first-order chi connectivity index (χ1) is 9.40. The summed E-state index contributed by atoms with van der Waals surface area (Å²) < 4.78 is 27.8. The molecule has 0 saturated carbocycles. The molecule has 1 N–H and O–H groups in total. The van der Waals surface area contributed by atoms with Gasteiger partial charge < -0.3 is 5.32 Å². The first kappa shape index (κ1) is 14.6. The van der Waals surface area contributed by atoms with Crippen molar-refractivity contribution in [2.45, 2.75) is 6.92 Å². The molecule has 2 rings (SSSR count). The topological polar surface area (TPSA) is 55.2 Å². The molecule has 0 spiro atoms. The Hall–Kier alpha value is -1.77. The van der Waals surface area contributed by atoms with Gasteiger partial charge in [0.25, 0.3) is 5.69 Å². The molecule has 0 unspecified atom stereocenters. The van der Waals surface area contributed by atoms with Gasteiger partial charge in [-0.2, -0.15) is 0 Å². The molecule has 0 aliphatic rings. The monoisotopic (exact) mass is 390 g/mol. The van der Waals surface area contributed by atoms with E-state index in [1.807, 2.05) is 0 Å². The van der Waals surface area contributed by atoms with Crippen LogP contribution in [-0.4, -0.2) is 4.92 Å². The Labute approximate surface area is 127 Å². The molecule has 104 valence electrons. The number of rotatable bonds is 3. The summed E-state index contributed by atoms with van der Waals surface area (Å²) in [6, 6.07) is 6.66. The lowest BCUT2D eigenvalue weighted by molar-refractivity contribution is -0.385. The Morgan fingerprint density at radius 1 is 1.25 bits per heavy atom. The predicted molar refractivity (Wildman–Crippen MR) is 80.2 cm³/mol. The second-order valence-electron chi connectivity index (χ2n) is 4.10. The third-order valence-corrected chi connectivity index (χ3v) is 3.56. The maximum Gasteiger partial charge on any atom is 0.282 e. The second kappa shape index (κ2) is 5.70. The van der Waals surface area contributed by atoms with Crippen LogP contribution in [0.15, 0.2) is 30.3 Å². The van der Waals surface area contributed by atoms with E-state index < -0.39 is 16.6 Å². The van der Waals surface area contributed by atoms with Crippen molar-refractivity contribution in [3.63, 3.8) is 0 Å². The van der Waals surface area contributed by atoms with Crippen LogP contribution in [0.4, 0.5) is 25.8 Å². The van der Waals surface area contributed by atoms with E-state index in [0.717, 1.165) is 6.07 Å². The van der Waals surface area contributed by atoms with E-state index >= 15 is 0 Å². The predicted octanol–water partition coefficient (Wildman–Crippen LogP) is 4.53. The van der Waals surface area contributed by atoms with Crippen LogP contribution in [0.3, 0.4) is 0 Å². The molecule has 2 aromatic rings. The Balaban J connectivity index is 2.39. The number of hydrogen-bond acceptors (Lipinski definition) is 3. The smallest absolute Gasteiger partial charge is 0.282 e. The van der Waals surface area contributed by atoms with Crippen LogP contribution in [0.5, 0.6) is 0 Å². The standard InChI is InChI=1S/C13H9F2IN2O2/c1-7-2-4-9(14)13(12(7)15)17-8-3-5-11(18(19)20)10(16)6-8/h2-6,17H,1H3. The minimum Gasteiger partial charge on any atom is -0.351 e. The van der Waals surface area contributed by atoms with Gasteiger partial charge in [-0.05, 0) is 53.3 Å². The van der Waals surface area contributed by atoms with Gasteiger partial charge in [0.2, 0.25) is 0 Å².